The van der Waals surface area contributed by atoms with Crippen molar-refractivity contribution >= 4 is 33.6 Å². The fourth-order valence-corrected chi connectivity index (χ4v) is 12.4. The molecule has 0 spiro atoms. The first-order chi connectivity index (χ1) is 46.2. The smallest absolute Gasteiger partial charge is 0.463 e. The molecule has 5 unspecified atom stereocenters. The number of carbonyl (C=O) groups excluding carboxylic acids is 3. The summed E-state index contributed by atoms with van der Waals surface area (Å²) in [6, 6.07) is 0. The van der Waals surface area contributed by atoms with Gasteiger partial charge in [0.05, 0.1) is 26.4 Å². The second-order valence-electron chi connectivity index (χ2n) is 26.2. The van der Waals surface area contributed by atoms with E-state index in [-0.39, 0.29) is 19.3 Å². The second-order valence-corrected chi connectivity index (χ2v) is 29.1. The van der Waals surface area contributed by atoms with Gasteiger partial charge in [-0.25, -0.2) is 9.13 Å². The molecule has 0 amide bonds. The number of hydrogen-bond acceptors (Lipinski definition) is 14. The van der Waals surface area contributed by atoms with Crippen LogP contribution in [-0.2, 0) is 55.8 Å². The van der Waals surface area contributed by atoms with E-state index < -0.39 is 91.5 Å². The molecule has 95 heavy (non-hydrogen) atoms. The lowest BCUT2D eigenvalue weighted by Crippen LogP contribution is -2.30. The van der Waals surface area contributed by atoms with E-state index in [1.54, 1.807) is 0 Å². The lowest BCUT2D eigenvalue weighted by molar-refractivity contribution is -0.161. The predicted molar refractivity (Wildman–Crippen MR) is 390 cm³/mol. The lowest BCUT2D eigenvalue weighted by Gasteiger charge is -2.21. The second kappa shape index (κ2) is 71.1. The summed E-state index contributed by atoms with van der Waals surface area (Å²) in [5, 5.41) is 20.6. The molecule has 0 aliphatic carbocycles. The number of phosphoric ester groups is 2. The van der Waals surface area contributed by atoms with Gasteiger partial charge in [0.15, 0.2) is 6.10 Å². The van der Waals surface area contributed by atoms with Crippen molar-refractivity contribution < 1.29 is 75.8 Å². The third-order valence-corrected chi connectivity index (χ3v) is 18.6. The van der Waals surface area contributed by atoms with Crippen LogP contribution >= 0.6 is 15.6 Å². The van der Waals surface area contributed by atoms with Crippen LogP contribution in [0.4, 0.5) is 0 Å². The summed E-state index contributed by atoms with van der Waals surface area (Å²) >= 11 is 0. The van der Waals surface area contributed by atoms with Gasteiger partial charge in [0.25, 0.3) is 0 Å². The average Bonchev–Trinajstić information content (AvgIpc) is 2.58. The van der Waals surface area contributed by atoms with E-state index in [1.807, 2.05) is 0 Å². The summed E-state index contributed by atoms with van der Waals surface area (Å²) in [5.74, 6) is -1.56. The summed E-state index contributed by atoms with van der Waals surface area (Å²) < 4.78 is 60.9. The SMILES string of the molecule is CCCC/C=C\CCCCCCCC(=O)OC(COC(=O)CCCCCCCCCCCCCCCCC)COP(=O)(O)OCC(O)COP(=O)(O)OCC(O)COC(=O)CCCCCCCCCCCCCCCCCCC/C=C\C/C=C\C/C=C\C/C=C\CCCCC. The van der Waals surface area contributed by atoms with Gasteiger partial charge >= 0.3 is 33.6 Å². The van der Waals surface area contributed by atoms with Crippen LogP contribution in [0.5, 0.6) is 0 Å². The fraction of sp³-hybridized carbons (Fsp3) is 0.831. The van der Waals surface area contributed by atoms with Crippen molar-refractivity contribution in [3.63, 3.8) is 0 Å². The van der Waals surface area contributed by atoms with E-state index >= 15 is 0 Å². The van der Waals surface area contributed by atoms with Crippen molar-refractivity contribution in [1.29, 1.82) is 0 Å². The Bertz CT molecular complexity index is 1980. The van der Waals surface area contributed by atoms with Crippen LogP contribution in [0.3, 0.4) is 0 Å². The molecule has 0 bridgehead atoms. The normalized spacial score (nSPS) is 14.4. The van der Waals surface area contributed by atoms with Crippen molar-refractivity contribution in [1.82, 2.24) is 0 Å². The first-order valence-corrected chi connectivity index (χ1v) is 41.6. The maximum absolute atomic E-state index is 12.9. The minimum absolute atomic E-state index is 0.0997. The number of hydrogen-bond donors (Lipinski definition) is 4. The Balaban J connectivity index is 4.29. The molecule has 16 nitrogen and oxygen atoms in total. The molecule has 556 valence electrons. The Morgan fingerprint density at radius 1 is 0.295 bits per heavy atom. The molecular weight excluding hydrogens is 1240 g/mol. The van der Waals surface area contributed by atoms with Gasteiger partial charge in [0.2, 0.25) is 0 Å². The molecule has 18 heteroatoms. The van der Waals surface area contributed by atoms with Crippen LogP contribution in [0.25, 0.3) is 0 Å². The van der Waals surface area contributed by atoms with Crippen molar-refractivity contribution in [2.24, 2.45) is 0 Å². The zero-order chi connectivity index (χ0) is 69.5. The Labute approximate surface area is 580 Å². The van der Waals surface area contributed by atoms with E-state index in [4.69, 9.17) is 32.3 Å². The molecule has 4 N–H and O–H groups in total. The molecule has 0 aromatic carbocycles. The van der Waals surface area contributed by atoms with E-state index in [9.17, 15) is 43.5 Å². The predicted octanol–water partition coefficient (Wildman–Crippen LogP) is 22.1. The van der Waals surface area contributed by atoms with Gasteiger partial charge in [-0.05, 0) is 83.5 Å². The fourth-order valence-electron chi connectivity index (χ4n) is 10.8. The third kappa shape index (κ3) is 72.3. The summed E-state index contributed by atoms with van der Waals surface area (Å²) in [5.41, 5.74) is 0. The summed E-state index contributed by atoms with van der Waals surface area (Å²) in [7, 11) is -9.76. The third-order valence-electron chi connectivity index (χ3n) is 16.7. The van der Waals surface area contributed by atoms with Gasteiger partial charge in [0, 0.05) is 19.3 Å². The highest BCUT2D eigenvalue weighted by Gasteiger charge is 2.29. The molecule has 0 aliphatic heterocycles. The molecule has 0 aromatic rings. The van der Waals surface area contributed by atoms with Crippen LogP contribution < -0.4 is 0 Å². The standard InChI is InChI=1S/C77H142O16P2/c1-4-7-10-13-16-19-22-24-26-27-28-29-30-31-32-33-34-35-36-37-38-39-40-41-42-43-45-47-49-51-54-57-60-63-75(80)87-66-72(78)67-89-94(83,84)90-68-73(79)69-91-95(85,86)92-71-74(93-77(82)65-62-59-56-53-48-21-18-15-12-9-6-3)70-88-76(81)64-61-58-55-52-50-46-44-25-23-20-17-14-11-8-5-2/h15-16,18-19,24,26,28-29,31-32,72-74,78-79H,4-14,17,20-23,25,27,30,33-71H2,1-3H3,(H,83,84)(H,85,86)/b18-15-,19-16-,26-24-,29-28-,32-31-. The number of carbonyl (C=O) groups is 3. The van der Waals surface area contributed by atoms with Gasteiger partial charge in [-0.15, -0.1) is 0 Å². The van der Waals surface area contributed by atoms with Crippen molar-refractivity contribution in [3.8, 4) is 0 Å². The van der Waals surface area contributed by atoms with E-state index in [2.05, 4.69) is 81.5 Å². The number of aliphatic hydroxyl groups is 2. The van der Waals surface area contributed by atoms with Gasteiger partial charge < -0.3 is 34.2 Å². The Kier molecular flexibility index (Phi) is 69.0. The van der Waals surface area contributed by atoms with Gasteiger partial charge in [-0.1, -0.05) is 313 Å². The van der Waals surface area contributed by atoms with Crippen LogP contribution in [0.2, 0.25) is 0 Å². The number of rotatable bonds is 74. The maximum atomic E-state index is 12.9. The highest BCUT2D eigenvalue weighted by Crippen LogP contribution is 2.45. The highest BCUT2D eigenvalue weighted by molar-refractivity contribution is 7.47. The monoisotopic (exact) mass is 1380 g/mol. The van der Waals surface area contributed by atoms with Crippen molar-refractivity contribution in [2.75, 3.05) is 39.6 Å². The number of phosphoric acid groups is 2. The van der Waals surface area contributed by atoms with Crippen LogP contribution in [0, 0.1) is 0 Å². The molecular formula is C77H142O16P2. The van der Waals surface area contributed by atoms with E-state index in [0.29, 0.717) is 19.3 Å². The number of unbranched alkanes of at least 4 members (excludes halogenated alkanes) is 41. The number of ether oxygens (including phenoxy) is 3. The van der Waals surface area contributed by atoms with Gasteiger partial charge in [-0.3, -0.25) is 32.5 Å². The highest BCUT2D eigenvalue weighted by atomic mass is 31.2. The maximum Gasteiger partial charge on any atom is 0.472 e. The molecule has 0 aromatic heterocycles. The first kappa shape index (κ1) is 92.2. The minimum atomic E-state index is -4.91. The van der Waals surface area contributed by atoms with E-state index in [1.165, 1.54) is 199 Å². The first-order valence-electron chi connectivity index (χ1n) is 38.6. The largest absolute Gasteiger partial charge is 0.472 e. The molecule has 0 saturated carbocycles. The number of esters is 3. The summed E-state index contributed by atoms with van der Waals surface area (Å²) in [6.07, 6.45) is 75.9. The Morgan fingerprint density at radius 3 is 0.895 bits per heavy atom. The molecule has 0 rings (SSSR count). The van der Waals surface area contributed by atoms with Gasteiger partial charge in [0.1, 0.15) is 25.4 Å². The Hall–Kier alpha value is -2.75. The molecule has 0 heterocycles. The number of allylic oxidation sites excluding steroid dienone is 10. The van der Waals surface area contributed by atoms with Crippen LogP contribution in [0.1, 0.15) is 355 Å². The van der Waals surface area contributed by atoms with Crippen LogP contribution in [-0.4, -0.2) is 95.9 Å². The Morgan fingerprint density at radius 2 is 0.537 bits per heavy atom. The average molecular weight is 1390 g/mol. The topological polar surface area (TPSA) is 231 Å². The van der Waals surface area contributed by atoms with Crippen molar-refractivity contribution in [3.05, 3.63) is 60.8 Å². The molecule has 0 aliphatic rings. The van der Waals surface area contributed by atoms with Crippen LogP contribution in [0.15, 0.2) is 60.8 Å². The zero-order valence-electron chi connectivity index (χ0n) is 60.6. The minimum Gasteiger partial charge on any atom is -0.463 e. The van der Waals surface area contributed by atoms with E-state index in [0.717, 1.165) is 96.3 Å². The number of aliphatic hydroxyl groups excluding tert-OH is 2. The lowest BCUT2D eigenvalue weighted by atomic mass is 10.0. The zero-order valence-corrected chi connectivity index (χ0v) is 62.4. The molecule has 0 fully saturated rings. The quantitative estimate of drug-likeness (QED) is 0.0146. The summed E-state index contributed by atoms with van der Waals surface area (Å²) in [6.45, 7) is 2.65. The molecule has 5 atom stereocenters. The van der Waals surface area contributed by atoms with Crippen molar-refractivity contribution in [2.45, 2.75) is 373 Å². The molecule has 0 radical (unpaired) electrons. The summed E-state index contributed by atoms with van der Waals surface area (Å²) in [4.78, 5) is 58.4. The molecule has 0 saturated heterocycles. The van der Waals surface area contributed by atoms with Gasteiger partial charge in [-0.2, -0.15) is 0 Å².